The number of thiazole rings is 1. The summed E-state index contributed by atoms with van der Waals surface area (Å²) < 4.78 is 5.49. The number of allylic oxidation sites excluding steroid dienone is 1. The maximum absolute atomic E-state index is 11.0. The van der Waals surface area contributed by atoms with E-state index in [1.165, 1.54) is 53.2 Å². The molecule has 1 aliphatic rings. The molecule has 1 fully saturated rings. The molecule has 186 valence electrons. The second kappa shape index (κ2) is 11.0. The van der Waals surface area contributed by atoms with Gasteiger partial charge in [0.2, 0.25) is 0 Å². The highest BCUT2D eigenvalue weighted by Crippen LogP contribution is 2.46. The maximum Gasteiger partial charge on any atom is 0.328 e. The molecule has 5 rings (SSSR count). The van der Waals surface area contributed by atoms with Crippen molar-refractivity contribution < 1.29 is 14.6 Å². The molecule has 0 saturated heterocycles. The van der Waals surface area contributed by atoms with E-state index in [4.69, 9.17) is 9.84 Å². The van der Waals surface area contributed by atoms with E-state index in [1.54, 1.807) is 24.5 Å². The molecule has 37 heavy (non-hydrogen) atoms. The Hall–Kier alpha value is -3.96. The Bertz CT molecular complexity index is 1450. The first-order valence-corrected chi connectivity index (χ1v) is 13.3. The topological polar surface area (TPSA) is 59.4 Å². The van der Waals surface area contributed by atoms with Crippen molar-refractivity contribution in [2.75, 3.05) is 7.11 Å². The fraction of sp³-hybridized carbons (Fsp3) is 0.188. The molecule has 5 heteroatoms. The molecule has 1 aliphatic carbocycles. The summed E-state index contributed by atoms with van der Waals surface area (Å²) >= 11 is 1.64. The van der Waals surface area contributed by atoms with Crippen molar-refractivity contribution in [1.29, 1.82) is 0 Å². The van der Waals surface area contributed by atoms with Gasteiger partial charge in [-0.2, -0.15) is 0 Å². The Balaban J connectivity index is 1.69. The summed E-state index contributed by atoms with van der Waals surface area (Å²) in [6.07, 6.45) is 8.27. The zero-order valence-electron chi connectivity index (χ0n) is 21.0. The molecule has 4 nitrogen and oxygen atoms in total. The smallest absolute Gasteiger partial charge is 0.328 e. The molecule has 1 N–H and O–H groups in total. The van der Waals surface area contributed by atoms with Crippen molar-refractivity contribution in [3.05, 3.63) is 112 Å². The summed E-state index contributed by atoms with van der Waals surface area (Å²) in [5.41, 5.74) is 11.2. The lowest BCUT2D eigenvalue weighted by Crippen LogP contribution is -2.16. The van der Waals surface area contributed by atoms with E-state index in [0.29, 0.717) is 5.92 Å². The molecule has 4 aromatic rings. The first kappa shape index (κ1) is 24.7. The van der Waals surface area contributed by atoms with Crippen molar-refractivity contribution in [3.8, 4) is 16.2 Å². The molecule has 0 amide bonds. The van der Waals surface area contributed by atoms with Crippen LogP contribution in [0.15, 0.2) is 84.5 Å². The van der Waals surface area contributed by atoms with E-state index >= 15 is 0 Å². The molecule has 1 saturated carbocycles. The lowest BCUT2D eigenvalue weighted by Gasteiger charge is -2.32. The predicted molar refractivity (Wildman–Crippen MR) is 152 cm³/mol. The quantitative estimate of drug-likeness (QED) is 0.194. The predicted octanol–water partition coefficient (Wildman–Crippen LogP) is 7.98. The molecule has 0 radical (unpaired) electrons. The lowest BCUT2D eigenvalue weighted by atomic mass is 9.72. The second-order valence-electron chi connectivity index (χ2n) is 9.33. The fourth-order valence-corrected chi connectivity index (χ4v) is 5.52. The van der Waals surface area contributed by atoms with E-state index < -0.39 is 5.97 Å². The Morgan fingerprint density at radius 1 is 1.03 bits per heavy atom. The highest BCUT2D eigenvalue weighted by Gasteiger charge is 2.28. The minimum atomic E-state index is -0.951. The van der Waals surface area contributed by atoms with Gasteiger partial charge in [0.05, 0.1) is 17.5 Å². The lowest BCUT2D eigenvalue weighted by molar-refractivity contribution is -0.131. The number of carbonyl (C=O) groups is 1. The fourth-order valence-electron chi connectivity index (χ4n) is 4.89. The van der Waals surface area contributed by atoms with Crippen LogP contribution in [0.25, 0.3) is 27.7 Å². The largest absolute Gasteiger partial charge is 0.497 e. The van der Waals surface area contributed by atoms with Crippen molar-refractivity contribution in [3.63, 3.8) is 0 Å². The minimum absolute atomic E-state index is 0.481. The third-order valence-electron chi connectivity index (χ3n) is 7.01. The van der Waals surface area contributed by atoms with Gasteiger partial charge in [0.25, 0.3) is 0 Å². The highest BCUT2D eigenvalue weighted by atomic mass is 32.1. The van der Waals surface area contributed by atoms with Crippen LogP contribution in [0.2, 0.25) is 0 Å². The van der Waals surface area contributed by atoms with Crippen molar-refractivity contribution >= 4 is 34.5 Å². The summed E-state index contributed by atoms with van der Waals surface area (Å²) in [5, 5.41) is 9.01. The van der Waals surface area contributed by atoms with Gasteiger partial charge < -0.3 is 9.84 Å². The van der Waals surface area contributed by atoms with Gasteiger partial charge in [-0.05, 0) is 88.4 Å². The summed E-state index contributed by atoms with van der Waals surface area (Å²) in [4.78, 5) is 16.4. The Morgan fingerprint density at radius 3 is 2.27 bits per heavy atom. The van der Waals surface area contributed by atoms with E-state index in [2.05, 4.69) is 60.4 Å². The zero-order chi connectivity index (χ0) is 25.8. The van der Waals surface area contributed by atoms with Crippen molar-refractivity contribution in [2.24, 2.45) is 5.92 Å². The monoisotopic (exact) mass is 507 g/mol. The number of benzene rings is 3. The molecule has 0 unspecified atom stereocenters. The van der Waals surface area contributed by atoms with E-state index in [-0.39, 0.29) is 0 Å². The molecule has 1 heterocycles. The van der Waals surface area contributed by atoms with Crippen LogP contribution in [0.1, 0.15) is 47.1 Å². The van der Waals surface area contributed by atoms with Crippen molar-refractivity contribution in [1.82, 2.24) is 4.98 Å². The Kier molecular flexibility index (Phi) is 7.33. The number of hydrogen-bond acceptors (Lipinski definition) is 4. The van der Waals surface area contributed by atoms with Crippen LogP contribution in [-0.2, 0) is 4.79 Å². The van der Waals surface area contributed by atoms with Gasteiger partial charge in [-0.25, -0.2) is 4.79 Å². The molecule has 3 aromatic carbocycles. The second-order valence-corrected chi connectivity index (χ2v) is 10.2. The molecule has 0 atom stereocenters. The number of aryl methyl sites for hydroxylation is 1. The molecule has 0 aliphatic heterocycles. The SMILES string of the molecule is COc1ccc(/C(=C(\c2ccc(/C=C/C(=O)O)cc2)c2ccc(-c3cncs3)cc2)C2CCC2)c(C)c1. The van der Waals surface area contributed by atoms with Crippen LogP contribution in [0.3, 0.4) is 0 Å². The van der Waals surface area contributed by atoms with Gasteiger partial charge in [0, 0.05) is 12.3 Å². The van der Waals surface area contributed by atoms with E-state index in [1.807, 2.05) is 29.9 Å². The van der Waals surface area contributed by atoms with Crippen LogP contribution >= 0.6 is 11.3 Å². The number of ether oxygens (including phenoxy) is 1. The van der Waals surface area contributed by atoms with Crippen LogP contribution < -0.4 is 4.74 Å². The summed E-state index contributed by atoms with van der Waals surface area (Å²) in [7, 11) is 1.70. The number of aromatic nitrogens is 1. The number of methoxy groups -OCH3 is 1. The van der Waals surface area contributed by atoms with Gasteiger partial charge in [-0.15, -0.1) is 11.3 Å². The number of rotatable bonds is 8. The standard InChI is InChI=1S/C32H29NO3S/c1-21-18-27(36-2)15-16-28(21)32(24-4-3-5-24)31(25-9-6-22(7-10-25)8-17-30(34)35)26-13-11-23(12-14-26)29-19-33-20-37-29/h6-20,24H,3-5H2,1-2H3,(H,34,35)/b17-8+,32-31+. The molecule has 0 bridgehead atoms. The van der Waals surface area contributed by atoms with E-state index in [9.17, 15) is 4.79 Å². The summed E-state index contributed by atoms with van der Waals surface area (Å²) in [6.45, 7) is 2.15. The highest BCUT2D eigenvalue weighted by molar-refractivity contribution is 7.13. The number of nitrogens with zero attached hydrogens (tertiary/aromatic N) is 1. The summed E-state index contributed by atoms with van der Waals surface area (Å²) in [6, 6.07) is 23.3. The first-order chi connectivity index (χ1) is 18.0. The third kappa shape index (κ3) is 5.42. The van der Waals surface area contributed by atoms with Gasteiger partial charge >= 0.3 is 5.97 Å². The average Bonchev–Trinajstić information content (AvgIpc) is 3.42. The molecule has 1 aromatic heterocycles. The van der Waals surface area contributed by atoms with Crippen LogP contribution in [-0.4, -0.2) is 23.2 Å². The first-order valence-electron chi connectivity index (χ1n) is 12.4. The average molecular weight is 508 g/mol. The van der Waals surface area contributed by atoms with Gasteiger partial charge in [0.15, 0.2) is 0 Å². The van der Waals surface area contributed by atoms with Gasteiger partial charge in [-0.1, -0.05) is 61.0 Å². The number of carboxylic acid groups (broad SMARTS) is 1. The third-order valence-corrected chi connectivity index (χ3v) is 7.84. The van der Waals surface area contributed by atoms with Crippen LogP contribution in [0, 0.1) is 12.8 Å². The van der Waals surface area contributed by atoms with E-state index in [0.717, 1.165) is 27.3 Å². The van der Waals surface area contributed by atoms with Gasteiger partial charge in [0.1, 0.15) is 5.75 Å². The number of aliphatic carboxylic acids is 1. The molecular weight excluding hydrogens is 478 g/mol. The minimum Gasteiger partial charge on any atom is -0.497 e. The number of hydrogen-bond donors (Lipinski definition) is 1. The maximum atomic E-state index is 11.0. The normalized spacial score (nSPS) is 14.3. The zero-order valence-corrected chi connectivity index (χ0v) is 21.8. The number of carboxylic acids is 1. The Morgan fingerprint density at radius 2 is 1.73 bits per heavy atom. The van der Waals surface area contributed by atoms with Crippen LogP contribution in [0.4, 0.5) is 0 Å². The molecule has 0 spiro atoms. The Labute approximate surface area is 221 Å². The van der Waals surface area contributed by atoms with Crippen LogP contribution in [0.5, 0.6) is 5.75 Å². The van der Waals surface area contributed by atoms with Gasteiger partial charge in [-0.3, -0.25) is 4.98 Å². The molecular formula is C32H29NO3S. The summed E-state index contributed by atoms with van der Waals surface area (Å²) in [5.74, 6) is 0.391. The van der Waals surface area contributed by atoms with Crippen molar-refractivity contribution in [2.45, 2.75) is 26.2 Å².